The minimum absolute atomic E-state index is 0.0248. The van der Waals surface area contributed by atoms with Crippen molar-refractivity contribution in [2.24, 2.45) is 0 Å². The van der Waals surface area contributed by atoms with Crippen LogP contribution < -0.4 is 5.73 Å². The fourth-order valence-electron chi connectivity index (χ4n) is 1.31. The fourth-order valence-corrected chi connectivity index (χ4v) is 1.78. The average molecular weight is 336 g/mol. The molecule has 16 heavy (non-hydrogen) atoms. The molecular weight excluding hydrogens is 329 g/mol. The Hall–Kier alpha value is -1.18. The number of aryl methyl sites for hydroxylation is 1. The standard InChI is InChI=1S/C10H7F2IN2O/c1-4-2-3-5(11)6(7(4)12)9-8(13)10(14)15-16-9/h2-3H,1H3,(H2,14,15). The first-order valence-corrected chi connectivity index (χ1v) is 5.46. The van der Waals surface area contributed by atoms with Crippen LogP contribution in [-0.2, 0) is 0 Å². The van der Waals surface area contributed by atoms with Crippen LogP contribution in [0.3, 0.4) is 0 Å². The third kappa shape index (κ3) is 1.66. The minimum atomic E-state index is -0.697. The van der Waals surface area contributed by atoms with Gasteiger partial charge in [-0.2, -0.15) is 0 Å². The van der Waals surface area contributed by atoms with E-state index in [2.05, 4.69) is 5.16 Å². The Kier molecular flexibility index (Phi) is 2.83. The van der Waals surface area contributed by atoms with E-state index in [-0.39, 0.29) is 17.1 Å². The molecule has 0 aliphatic heterocycles. The number of nitrogens with zero attached hydrogens (tertiary/aromatic N) is 1. The van der Waals surface area contributed by atoms with Crippen LogP contribution >= 0.6 is 22.6 Å². The molecule has 1 aromatic carbocycles. The van der Waals surface area contributed by atoms with E-state index in [1.54, 1.807) is 6.92 Å². The maximum Gasteiger partial charge on any atom is 0.188 e. The predicted molar refractivity (Wildman–Crippen MR) is 63.7 cm³/mol. The average Bonchev–Trinajstić information content (AvgIpc) is 2.56. The molecule has 2 rings (SSSR count). The van der Waals surface area contributed by atoms with Crippen molar-refractivity contribution in [3.05, 3.63) is 32.9 Å². The molecule has 0 bridgehead atoms. The van der Waals surface area contributed by atoms with Crippen LogP contribution in [-0.4, -0.2) is 5.16 Å². The monoisotopic (exact) mass is 336 g/mol. The Balaban J connectivity index is 2.73. The number of nitrogens with two attached hydrogens (primary N) is 1. The first kappa shape index (κ1) is 11.3. The van der Waals surface area contributed by atoms with Crippen LogP contribution in [0.15, 0.2) is 16.7 Å². The van der Waals surface area contributed by atoms with Gasteiger partial charge < -0.3 is 10.3 Å². The van der Waals surface area contributed by atoms with Crippen molar-refractivity contribution in [1.29, 1.82) is 0 Å². The maximum absolute atomic E-state index is 13.8. The SMILES string of the molecule is Cc1ccc(F)c(-c2onc(N)c2I)c1F. The molecule has 1 aromatic heterocycles. The highest BCUT2D eigenvalue weighted by molar-refractivity contribution is 14.1. The smallest absolute Gasteiger partial charge is 0.188 e. The summed E-state index contributed by atoms with van der Waals surface area (Å²) in [5.41, 5.74) is 5.57. The normalized spacial score (nSPS) is 10.8. The van der Waals surface area contributed by atoms with E-state index in [1.165, 1.54) is 12.1 Å². The highest BCUT2D eigenvalue weighted by Gasteiger charge is 2.21. The van der Waals surface area contributed by atoms with Crippen molar-refractivity contribution in [2.75, 3.05) is 5.73 Å². The van der Waals surface area contributed by atoms with Crippen LogP contribution in [0.1, 0.15) is 5.56 Å². The number of halogens is 3. The Bertz CT molecular complexity index is 554. The summed E-state index contributed by atoms with van der Waals surface area (Å²) in [7, 11) is 0. The van der Waals surface area contributed by atoms with E-state index in [9.17, 15) is 8.78 Å². The van der Waals surface area contributed by atoms with Crippen LogP contribution in [0.5, 0.6) is 0 Å². The number of aromatic nitrogens is 1. The lowest BCUT2D eigenvalue weighted by molar-refractivity contribution is 0.429. The highest BCUT2D eigenvalue weighted by Crippen LogP contribution is 2.33. The van der Waals surface area contributed by atoms with Gasteiger partial charge in [-0.1, -0.05) is 11.2 Å². The summed E-state index contributed by atoms with van der Waals surface area (Å²) in [6.07, 6.45) is 0. The Labute approximate surface area is 104 Å². The minimum Gasteiger partial charge on any atom is -0.380 e. The van der Waals surface area contributed by atoms with Gasteiger partial charge in [0.25, 0.3) is 0 Å². The quantitative estimate of drug-likeness (QED) is 0.814. The van der Waals surface area contributed by atoms with Gasteiger partial charge in [0.05, 0.1) is 5.56 Å². The van der Waals surface area contributed by atoms with E-state index >= 15 is 0 Å². The first-order chi connectivity index (χ1) is 7.52. The second kappa shape index (κ2) is 4.00. The number of rotatable bonds is 1. The van der Waals surface area contributed by atoms with Gasteiger partial charge in [-0.15, -0.1) is 0 Å². The Morgan fingerprint density at radius 2 is 2.06 bits per heavy atom. The number of nitrogen functional groups attached to an aromatic ring is 1. The van der Waals surface area contributed by atoms with Gasteiger partial charge in [0.15, 0.2) is 11.6 Å². The third-order valence-electron chi connectivity index (χ3n) is 2.17. The van der Waals surface area contributed by atoms with Crippen molar-refractivity contribution < 1.29 is 13.3 Å². The number of benzene rings is 1. The van der Waals surface area contributed by atoms with Crippen LogP contribution in [0, 0.1) is 22.1 Å². The Morgan fingerprint density at radius 3 is 2.62 bits per heavy atom. The molecule has 0 radical (unpaired) electrons. The summed E-state index contributed by atoms with van der Waals surface area (Å²) in [6.45, 7) is 1.55. The molecule has 0 fully saturated rings. The Morgan fingerprint density at radius 1 is 1.38 bits per heavy atom. The molecule has 6 heteroatoms. The summed E-state index contributed by atoms with van der Waals surface area (Å²) in [4.78, 5) is 0. The first-order valence-electron chi connectivity index (χ1n) is 4.38. The summed E-state index contributed by atoms with van der Waals surface area (Å²) in [5, 5.41) is 3.47. The molecule has 2 aromatic rings. The van der Waals surface area contributed by atoms with Crippen molar-refractivity contribution >= 4 is 28.4 Å². The van der Waals surface area contributed by atoms with Gasteiger partial charge >= 0.3 is 0 Å². The van der Waals surface area contributed by atoms with E-state index in [0.29, 0.717) is 9.13 Å². The van der Waals surface area contributed by atoms with Gasteiger partial charge in [0, 0.05) is 0 Å². The molecule has 0 aliphatic rings. The maximum atomic E-state index is 13.8. The van der Waals surface area contributed by atoms with Gasteiger partial charge in [0.2, 0.25) is 0 Å². The number of hydrogen-bond donors (Lipinski definition) is 1. The van der Waals surface area contributed by atoms with E-state index in [1.807, 2.05) is 22.6 Å². The highest BCUT2D eigenvalue weighted by atomic mass is 127. The third-order valence-corrected chi connectivity index (χ3v) is 3.21. The zero-order valence-corrected chi connectivity index (χ0v) is 10.4. The molecule has 84 valence electrons. The molecule has 0 atom stereocenters. The molecule has 3 nitrogen and oxygen atoms in total. The van der Waals surface area contributed by atoms with Gasteiger partial charge in [0.1, 0.15) is 15.2 Å². The fraction of sp³-hybridized carbons (Fsp3) is 0.100. The largest absolute Gasteiger partial charge is 0.380 e. The van der Waals surface area contributed by atoms with Crippen molar-refractivity contribution in [3.8, 4) is 11.3 Å². The summed E-state index contributed by atoms with van der Waals surface area (Å²) in [6, 6.07) is 2.54. The van der Waals surface area contributed by atoms with Gasteiger partial charge in [-0.3, -0.25) is 0 Å². The summed E-state index contributed by atoms with van der Waals surface area (Å²) < 4.78 is 32.5. The summed E-state index contributed by atoms with van der Waals surface area (Å²) >= 11 is 1.83. The molecule has 1 heterocycles. The van der Waals surface area contributed by atoms with Crippen LogP contribution in [0.2, 0.25) is 0 Å². The van der Waals surface area contributed by atoms with Gasteiger partial charge in [-0.25, -0.2) is 8.78 Å². The van der Waals surface area contributed by atoms with Crippen LogP contribution in [0.4, 0.5) is 14.6 Å². The van der Waals surface area contributed by atoms with Gasteiger partial charge in [-0.05, 0) is 41.1 Å². The number of anilines is 1. The lowest BCUT2D eigenvalue weighted by Gasteiger charge is -2.03. The zero-order valence-electron chi connectivity index (χ0n) is 8.22. The molecule has 2 N–H and O–H groups in total. The van der Waals surface area contributed by atoms with Crippen molar-refractivity contribution in [1.82, 2.24) is 5.16 Å². The van der Waals surface area contributed by atoms with E-state index in [0.717, 1.165) is 0 Å². The molecule has 0 saturated heterocycles. The van der Waals surface area contributed by atoms with Crippen molar-refractivity contribution in [3.63, 3.8) is 0 Å². The van der Waals surface area contributed by atoms with Crippen molar-refractivity contribution in [2.45, 2.75) is 6.92 Å². The lowest BCUT2D eigenvalue weighted by Crippen LogP contribution is -1.94. The molecule has 0 aliphatic carbocycles. The molecule has 0 unspecified atom stereocenters. The molecule has 0 amide bonds. The predicted octanol–water partition coefficient (Wildman–Crippen LogP) is 3.12. The van der Waals surface area contributed by atoms with Crippen LogP contribution in [0.25, 0.3) is 11.3 Å². The second-order valence-electron chi connectivity index (χ2n) is 3.26. The molecule has 0 spiro atoms. The molecular formula is C10H7F2IN2O. The van der Waals surface area contributed by atoms with E-state index < -0.39 is 11.6 Å². The second-order valence-corrected chi connectivity index (χ2v) is 4.34. The molecule has 0 saturated carbocycles. The topological polar surface area (TPSA) is 52.0 Å². The zero-order chi connectivity index (χ0) is 11.9. The van der Waals surface area contributed by atoms with E-state index in [4.69, 9.17) is 10.3 Å². The summed E-state index contributed by atoms with van der Waals surface area (Å²) in [5.74, 6) is -1.21. The lowest BCUT2D eigenvalue weighted by atomic mass is 10.1. The number of hydrogen-bond acceptors (Lipinski definition) is 3.